The predicted octanol–water partition coefficient (Wildman–Crippen LogP) is 4.61. The molecule has 1 unspecified atom stereocenters. The van der Waals surface area contributed by atoms with Gasteiger partial charge in [0, 0.05) is 36.9 Å². The second kappa shape index (κ2) is 10.4. The second-order valence-electron chi connectivity index (χ2n) is 8.04. The molecule has 2 aromatic carbocycles. The molecule has 1 atom stereocenters. The zero-order chi connectivity index (χ0) is 21.9. The van der Waals surface area contributed by atoms with Gasteiger partial charge in [-0.2, -0.15) is 0 Å². The number of benzene rings is 2. The van der Waals surface area contributed by atoms with E-state index in [1.54, 1.807) is 6.26 Å². The first-order valence-electron chi connectivity index (χ1n) is 10.8. The minimum Gasteiger partial charge on any atom is -0.467 e. The number of halogens is 2. The molecule has 1 saturated heterocycles. The molecular weight excluding hydrogens is 459 g/mol. The smallest absolute Gasteiger partial charge is 0.173 e. The molecule has 2 aromatic heterocycles. The maximum absolute atomic E-state index is 6.27. The van der Waals surface area contributed by atoms with Crippen LogP contribution in [0.2, 0.25) is 5.02 Å². The number of aryl methyl sites for hydroxylation is 1. The van der Waals surface area contributed by atoms with Gasteiger partial charge in [-0.25, -0.2) is 4.68 Å². The minimum atomic E-state index is -0.0382. The molecule has 4 aromatic rings. The molecule has 0 aliphatic carbocycles. The van der Waals surface area contributed by atoms with Crippen LogP contribution in [0.15, 0.2) is 71.3 Å². The summed E-state index contributed by atoms with van der Waals surface area (Å²) in [5.74, 6) is 1.64. The Morgan fingerprint density at radius 1 is 1.00 bits per heavy atom. The highest BCUT2D eigenvalue weighted by molar-refractivity contribution is 6.30. The summed E-state index contributed by atoms with van der Waals surface area (Å²) in [4.78, 5) is 4.86. The average Bonchev–Trinajstić information content (AvgIpc) is 3.50. The Morgan fingerprint density at radius 2 is 1.79 bits per heavy atom. The fourth-order valence-electron chi connectivity index (χ4n) is 4.37. The monoisotopic (exact) mass is 484 g/mol. The van der Waals surface area contributed by atoms with Crippen molar-refractivity contribution in [1.29, 1.82) is 0 Å². The third-order valence-electron chi connectivity index (χ3n) is 6.00. The van der Waals surface area contributed by atoms with E-state index in [1.165, 1.54) is 16.8 Å². The Bertz CT molecular complexity index is 1160. The number of hydrogen-bond donors (Lipinski definition) is 0. The van der Waals surface area contributed by atoms with Crippen molar-refractivity contribution >= 4 is 29.7 Å². The van der Waals surface area contributed by atoms with Gasteiger partial charge in [0.15, 0.2) is 5.82 Å². The maximum Gasteiger partial charge on any atom is 0.173 e. The molecule has 0 amide bonds. The molecule has 3 heterocycles. The lowest BCUT2D eigenvalue weighted by Crippen LogP contribution is -2.48. The summed E-state index contributed by atoms with van der Waals surface area (Å²) in [7, 11) is 0. The van der Waals surface area contributed by atoms with Crippen molar-refractivity contribution in [3.8, 4) is 0 Å². The number of piperazine rings is 1. The fraction of sp³-hybridized carbons (Fsp3) is 0.292. The van der Waals surface area contributed by atoms with Gasteiger partial charge in [-0.05, 0) is 52.7 Å². The van der Waals surface area contributed by atoms with Gasteiger partial charge in [-0.15, -0.1) is 17.5 Å². The summed E-state index contributed by atoms with van der Waals surface area (Å²) >= 11 is 6.27. The molecule has 7 nitrogen and oxygen atoms in total. The zero-order valence-corrected chi connectivity index (χ0v) is 19.9. The van der Waals surface area contributed by atoms with Crippen molar-refractivity contribution in [1.82, 2.24) is 25.1 Å². The molecule has 5 rings (SSSR count). The molecule has 0 spiro atoms. The molecule has 0 saturated carbocycles. The first kappa shape index (κ1) is 23.3. The van der Waals surface area contributed by atoms with Crippen LogP contribution in [0.3, 0.4) is 0 Å². The van der Waals surface area contributed by atoms with Crippen molar-refractivity contribution in [2.45, 2.75) is 19.5 Å². The maximum atomic E-state index is 6.27. The van der Waals surface area contributed by atoms with Crippen LogP contribution in [0.4, 0.5) is 5.69 Å². The molecule has 1 aliphatic heterocycles. The van der Waals surface area contributed by atoms with E-state index in [0.29, 0.717) is 6.54 Å². The van der Waals surface area contributed by atoms with Gasteiger partial charge >= 0.3 is 0 Å². The summed E-state index contributed by atoms with van der Waals surface area (Å²) in [6.07, 6.45) is 1.67. The third kappa shape index (κ3) is 5.05. The molecule has 33 heavy (non-hydrogen) atoms. The van der Waals surface area contributed by atoms with E-state index in [2.05, 4.69) is 68.6 Å². The van der Waals surface area contributed by atoms with Crippen molar-refractivity contribution in [3.63, 3.8) is 0 Å². The topological polar surface area (TPSA) is 63.2 Å². The van der Waals surface area contributed by atoms with Gasteiger partial charge in [0.1, 0.15) is 12.3 Å². The quantitative estimate of drug-likeness (QED) is 0.398. The molecule has 9 heteroatoms. The molecule has 172 valence electrons. The first-order chi connectivity index (χ1) is 15.7. The number of hydrogen-bond acceptors (Lipinski definition) is 6. The normalized spacial score (nSPS) is 15.3. The van der Waals surface area contributed by atoms with Crippen molar-refractivity contribution in [2.75, 3.05) is 31.1 Å². The Hall–Kier alpha value is -2.87. The number of nitrogens with zero attached hydrogens (tertiary/aromatic N) is 6. The lowest BCUT2D eigenvalue weighted by Gasteiger charge is -2.40. The standard InChI is InChI=1S/C24H25ClN6O.ClH/c1-18-9-10-20(25)16-22(18)29-11-13-30(14-12-29)23(19-6-3-2-4-7-19)24-26-27-28-31(24)17-21-8-5-15-32-21;/h2-10,15-16,23H,11-14,17H2,1H3;1H. The largest absolute Gasteiger partial charge is 0.467 e. The Labute approximate surface area is 204 Å². The van der Waals surface area contributed by atoms with Crippen molar-refractivity contribution in [3.05, 3.63) is 94.7 Å². The highest BCUT2D eigenvalue weighted by Crippen LogP contribution is 2.31. The molecule has 1 aliphatic rings. The van der Waals surface area contributed by atoms with Gasteiger partial charge in [-0.1, -0.05) is 48.0 Å². The Morgan fingerprint density at radius 3 is 2.52 bits per heavy atom. The molecule has 0 N–H and O–H groups in total. The van der Waals surface area contributed by atoms with Crippen LogP contribution in [-0.2, 0) is 6.54 Å². The zero-order valence-electron chi connectivity index (χ0n) is 18.3. The Kier molecular flexibility index (Phi) is 7.33. The van der Waals surface area contributed by atoms with E-state index < -0.39 is 0 Å². The number of tetrazole rings is 1. The summed E-state index contributed by atoms with van der Waals surface area (Å²) in [5, 5.41) is 13.5. The van der Waals surface area contributed by atoms with Crippen LogP contribution >= 0.6 is 24.0 Å². The molecule has 0 bridgehead atoms. The summed E-state index contributed by atoms with van der Waals surface area (Å²) in [6, 6.07) is 20.3. The predicted molar refractivity (Wildman–Crippen MR) is 131 cm³/mol. The lowest BCUT2D eigenvalue weighted by atomic mass is 10.0. The lowest BCUT2D eigenvalue weighted by molar-refractivity contribution is 0.201. The van der Waals surface area contributed by atoms with E-state index >= 15 is 0 Å². The number of furan rings is 1. The van der Waals surface area contributed by atoms with Crippen molar-refractivity contribution in [2.24, 2.45) is 0 Å². The van der Waals surface area contributed by atoms with Gasteiger partial charge in [0.2, 0.25) is 0 Å². The average molecular weight is 485 g/mol. The van der Waals surface area contributed by atoms with Crippen LogP contribution in [0.25, 0.3) is 0 Å². The van der Waals surface area contributed by atoms with E-state index in [9.17, 15) is 0 Å². The van der Waals surface area contributed by atoms with Crippen LogP contribution in [0, 0.1) is 6.92 Å². The molecule has 1 fully saturated rings. The Balaban J connectivity index is 0.00000259. The van der Waals surface area contributed by atoms with E-state index in [-0.39, 0.29) is 18.4 Å². The van der Waals surface area contributed by atoms with Gasteiger partial charge in [-0.3, -0.25) is 4.90 Å². The van der Waals surface area contributed by atoms with Gasteiger partial charge in [0.05, 0.1) is 12.3 Å². The van der Waals surface area contributed by atoms with E-state index in [4.69, 9.17) is 16.0 Å². The van der Waals surface area contributed by atoms with Gasteiger partial charge < -0.3 is 9.32 Å². The van der Waals surface area contributed by atoms with Crippen LogP contribution < -0.4 is 4.90 Å². The minimum absolute atomic E-state index is 0. The van der Waals surface area contributed by atoms with Gasteiger partial charge in [0.25, 0.3) is 0 Å². The summed E-state index contributed by atoms with van der Waals surface area (Å²) < 4.78 is 7.37. The molecular formula is C24H26Cl2N6O. The number of anilines is 1. The van der Waals surface area contributed by atoms with Crippen LogP contribution in [0.1, 0.15) is 28.8 Å². The highest BCUT2D eigenvalue weighted by atomic mass is 35.5. The first-order valence-corrected chi connectivity index (χ1v) is 11.2. The summed E-state index contributed by atoms with van der Waals surface area (Å²) in [6.45, 7) is 6.22. The van der Waals surface area contributed by atoms with Crippen LogP contribution in [0.5, 0.6) is 0 Å². The third-order valence-corrected chi connectivity index (χ3v) is 6.23. The fourth-order valence-corrected chi connectivity index (χ4v) is 4.54. The SMILES string of the molecule is Cc1ccc(Cl)cc1N1CCN(C(c2ccccc2)c2nnnn2Cc2ccco2)CC1.Cl. The number of rotatable bonds is 6. The van der Waals surface area contributed by atoms with Crippen molar-refractivity contribution < 1.29 is 4.42 Å². The van der Waals surface area contributed by atoms with E-state index in [1.807, 2.05) is 28.9 Å². The highest BCUT2D eigenvalue weighted by Gasteiger charge is 2.31. The number of aromatic nitrogens is 4. The van der Waals surface area contributed by atoms with E-state index in [0.717, 1.165) is 42.8 Å². The van der Waals surface area contributed by atoms with Crippen LogP contribution in [-0.4, -0.2) is 51.3 Å². The second-order valence-corrected chi connectivity index (χ2v) is 8.48. The molecule has 0 radical (unpaired) electrons. The summed E-state index contributed by atoms with van der Waals surface area (Å²) in [5.41, 5.74) is 3.62.